The lowest BCUT2D eigenvalue weighted by Gasteiger charge is -2.12. The summed E-state index contributed by atoms with van der Waals surface area (Å²) in [6.07, 6.45) is 0. The number of aromatic nitrogens is 7. The Morgan fingerprint density at radius 3 is 0.544 bits per heavy atom. The maximum Gasteiger partial charge on any atom is 0.0542 e. The summed E-state index contributed by atoms with van der Waals surface area (Å²) in [5.41, 5.74) is 39.7. The van der Waals surface area contributed by atoms with Gasteiger partial charge in [-0.25, -0.2) is 0 Å². The minimum Gasteiger partial charge on any atom is -0.309 e. The van der Waals surface area contributed by atoms with Crippen LogP contribution in [-0.2, 0) is 0 Å². The number of para-hydroxylation sites is 9. The van der Waals surface area contributed by atoms with E-state index in [-0.39, 0.29) is 0 Å². The second-order valence-electron chi connectivity index (χ2n) is 39.0. The quantitative estimate of drug-likeness (QED) is 0.110. The Balaban J connectivity index is 0.000000105. The molecule has 149 heavy (non-hydrogen) atoms. The second-order valence-corrected chi connectivity index (χ2v) is 39.0. The van der Waals surface area contributed by atoms with Crippen LogP contribution in [0.1, 0.15) is 0 Å². The van der Waals surface area contributed by atoms with Crippen molar-refractivity contribution >= 4 is 163 Å². The third-order valence-electron chi connectivity index (χ3n) is 30.6. The van der Waals surface area contributed by atoms with Crippen LogP contribution in [0.2, 0.25) is 0 Å². The third-order valence-corrected chi connectivity index (χ3v) is 30.6. The summed E-state index contributed by atoms with van der Waals surface area (Å²) < 4.78 is 16.8. The standard InChI is InChI=1S/C48H31N3.C48H32N2.C46H30N2/c1-2-14-34(15-3-1)49-45-23-10-6-19-39(45)41-30-33(25-27-47(41)49)32-13-12-16-35(29-32)50-46-24-11-7-20-40(46)42-31-36(26-28-48(42)50)51-43-21-8-4-17-37(43)38-18-5-9-22-44(38)51;1-3-13-33(14-4-1)35-17-11-19-39(29-35)49-45-23-9-7-21-41(45)43-31-37(25-27-47(43)49)38-26-28-48-44(32-38)42-22-8-10-24-46(42)50(48)40-20-12-18-36(30-40)34-15-5-2-6-16-34;1-2-11-31(12-3-1)34-15-10-16-37(27-34)47-43-19-8-6-17-39(43)41-29-35(22-25-45(41)47)36-23-26-46-42(30-36)40-18-7-9-20-44(40)48(46)38-24-21-32-13-4-5-14-33(32)28-38/h1-31H;1-32H;1-30H. The topological polar surface area (TPSA) is 34.5 Å². The highest BCUT2D eigenvalue weighted by Gasteiger charge is 2.25. The van der Waals surface area contributed by atoms with Crippen molar-refractivity contribution in [1.29, 1.82) is 0 Å². The molecule has 7 aromatic heterocycles. The zero-order chi connectivity index (χ0) is 98.1. The van der Waals surface area contributed by atoms with Crippen LogP contribution in [0.5, 0.6) is 0 Å². The van der Waals surface area contributed by atoms with E-state index in [2.05, 4.69) is 596 Å². The first-order valence-electron chi connectivity index (χ1n) is 51.2. The summed E-state index contributed by atoms with van der Waals surface area (Å²) in [4.78, 5) is 0. The first-order valence-corrected chi connectivity index (χ1v) is 51.2. The van der Waals surface area contributed by atoms with Gasteiger partial charge in [0, 0.05) is 115 Å². The van der Waals surface area contributed by atoms with Crippen molar-refractivity contribution in [2.45, 2.75) is 0 Å². The van der Waals surface area contributed by atoms with E-state index in [1.54, 1.807) is 0 Å². The number of hydrogen-bond acceptors (Lipinski definition) is 0. The summed E-state index contributed by atoms with van der Waals surface area (Å²) in [6, 6.07) is 205. The van der Waals surface area contributed by atoms with Crippen LogP contribution in [0.15, 0.2) is 564 Å². The number of hydrogen-bond donors (Lipinski definition) is 0. The monoisotopic (exact) mass is 1900 g/mol. The van der Waals surface area contributed by atoms with Gasteiger partial charge < -0.3 is 32.0 Å². The first kappa shape index (κ1) is 85.9. The van der Waals surface area contributed by atoms with Crippen LogP contribution >= 0.6 is 0 Å². The number of rotatable bonds is 13. The predicted octanol–water partition coefficient (Wildman–Crippen LogP) is 37.9. The highest BCUT2D eigenvalue weighted by Crippen LogP contribution is 2.47. The average molecular weight is 1900 g/mol. The molecule has 0 aliphatic carbocycles. The van der Waals surface area contributed by atoms with E-state index in [1.165, 1.54) is 253 Å². The van der Waals surface area contributed by atoms with Gasteiger partial charge in [-0.1, -0.05) is 364 Å². The molecule has 0 saturated carbocycles. The largest absolute Gasteiger partial charge is 0.309 e. The molecule has 31 aromatic rings. The van der Waals surface area contributed by atoms with Crippen molar-refractivity contribution in [3.8, 4) is 107 Å². The van der Waals surface area contributed by atoms with E-state index >= 15 is 0 Å². The fraction of sp³-hybridized carbons (Fsp3) is 0. The molecule has 0 bridgehead atoms. The number of fused-ring (bicyclic) bond motifs is 22. The van der Waals surface area contributed by atoms with Gasteiger partial charge in [0.1, 0.15) is 0 Å². The molecule has 0 N–H and O–H groups in total. The molecule has 696 valence electrons. The molecule has 0 spiro atoms. The minimum absolute atomic E-state index is 1.15. The Labute approximate surface area is 859 Å². The average Bonchev–Trinajstić information content (AvgIpc) is 1.55. The van der Waals surface area contributed by atoms with Gasteiger partial charge in [0.25, 0.3) is 0 Å². The van der Waals surface area contributed by atoms with Gasteiger partial charge in [0.2, 0.25) is 0 Å². The summed E-state index contributed by atoms with van der Waals surface area (Å²) in [5, 5.41) is 20.1. The van der Waals surface area contributed by atoms with Crippen LogP contribution in [0.3, 0.4) is 0 Å². The number of benzene rings is 24. The van der Waals surface area contributed by atoms with E-state index in [1.807, 2.05) is 0 Å². The van der Waals surface area contributed by atoms with Gasteiger partial charge in [-0.15, -0.1) is 0 Å². The molecule has 7 heteroatoms. The van der Waals surface area contributed by atoms with Crippen molar-refractivity contribution in [1.82, 2.24) is 32.0 Å². The van der Waals surface area contributed by atoms with Crippen LogP contribution < -0.4 is 0 Å². The number of nitrogens with zero attached hydrogens (tertiary/aromatic N) is 7. The van der Waals surface area contributed by atoms with Crippen molar-refractivity contribution in [2.24, 2.45) is 0 Å². The molecule has 24 aromatic carbocycles. The summed E-state index contributed by atoms with van der Waals surface area (Å²) in [5.74, 6) is 0. The Hall–Kier alpha value is -19.9. The maximum atomic E-state index is 2.42. The molecule has 0 aliphatic heterocycles. The maximum absolute atomic E-state index is 2.42. The Kier molecular flexibility index (Phi) is 20.5. The van der Waals surface area contributed by atoms with Gasteiger partial charge in [-0.05, 0) is 278 Å². The zero-order valence-corrected chi connectivity index (χ0v) is 81.3. The molecular formula is C142H93N7. The van der Waals surface area contributed by atoms with E-state index in [0.717, 1.165) is 17.1 Å². The molecule has 0 atom stereocenters. The van der Waals surface area contributed by atoms with Crippen molar-refractivity contribution < 1.29 is 0 Å². The van der Waals surface area contributed by atoms with Gasteiger partial charge in [0.15, 0.2) is 0 Å². The lowest BCUT2D eigenvalue weighted by atomic mass is 10.0. The molecule has 7 nitrogen and oxygen atoms in total. The van der Waals surface area contributed by atoms with Crippen molar-refractivity contribution in [2.75, 3.05) is 0 Å². The van der Waals surface area contributed by atoms with E-state index in [9.17, 15) is 0 Å². The molecule has 0 fully saturated rings. The highest BCUT2D eigenvalue weighted by atomic mass is 15.0. The Bertz CT molecular complexity index is 10500. The Morgan fingerprint density at radius 2 is 0.255 bits per heavy atom. The second kappa shape index (κ2) is 35.6. The molecule has 0 unspecified atom stereocenters. The molecule has 31 rings (SSSR count). The van der Waals surface area contributed by atoms with Gasteiger partial charge >= 0.3 is 0 Å². The Morgan fingerprint density at radius 1 is 0.0805 bits per heavy atom. The van der Waals surface area contributed by atoms with Crippen LogP contribution in [0, 0.1) is 0 Å². The summed E-state index contributed by atoms with van der Waals surface area (Å²) in [7, 11) is 0. The molecular weight excluding hydrogens is 1800 g/mol. The first-order chi connectivity index (χ1) is 73.9. The normalized spacial score (nSPS) is 11.8. The van der Waals surface area contributed by atoms with Crippen LogP contribution in [0.4, 0.5) is 0 Å². The minimum atomic E-state index is 1.15. The van der Waals surface area contributed by atoms with E-state index < -0.39 is 0 Å². The molecule has 7 heterocycles. The van der Waals surface area contributed by atoms with Crippen LogP contribution in [0.25, 0.3) is 270 Å². The predicted molar refractivity (Wildman–Crippen MR) is 630 cm³/mol. The fourth-order valence-electron chi connectivity index (χ4n) is 23.8. The fourth-order valence-corrected chi connectivity index (χ4v) is 23.8. The van der Waals surface area contributed by atoms with Gasteiger partial charge in [-0.2, -0.15) is 0 Å². The molecule has 0 radical (unpaired) electrons. The molecule has 0 amide bonds. The lowest BCUT2D eigenvalue weighted by molar-refractivity contribution is 1.17. The smallest absolute Gasteiger partial charge is 0.0542 e. The van der Waals surface area contributed by atoms with Gasteiger partial charge in [-0.3, -0.25) is 0 Å². The van der Waals surface area contributed by atoms with Crippen molar-refractivity contribution in [3.05, 3.63) is 564 Å². The molecule has 0 aliphatic rings. The highest BCUT2D eigenvalue weighted by molar-refractivity contribution is 6.18. The van der Waals surface area contributed by atoms with E-state index in [0.29, 0.717) is 0 Å². The van der Waals surface area contributed by atoms with Crippen molar-refractivity contribution in [3.63, 3.8) is 0 Å². The van der Waals surface area contributed by atoms with Crippen LogP contribution in [-0.4, -0.2) is 32.0 Å². The third kappa shape index (κ3) is 14.6. The lowest BCUT2D eigenvalue weighted by Crippen LogP contribution is -1.96. The summed E-state index contributed by atoms with van der Waals surface area (Å²) >= 11 is 0. The zero-order valence-electron chi connectivity index (χ0n) is 81.3. The molecule has 0 saturated heterocycles. The SMILES string of the molecule is c1ccc(-c2cccc(-n3c4ccccc4c4cc(-c5ccc6c(c5)c5ccccc5n6-c5ccc6ccccc6c5)ccc43)c2)cc1.c1ccc(-c2cccc(-n3c4ccccc4c4cc(-c5ccc6c(c5)c5ccccc5n6-c5cccc(-c6ccccc6)c5)ccc43)c2)cc1.c1ccc(-n2c3ccccc3c3cc(-c4cccc(-n5c6ccccc6c6cc(-n7c8ccccc8c8ccccc87)ccc65)c4)ccc32)cc1. The summed E-state index contributed by atoms with van der Waals surface area (Å²) in [6.45, 7) is 0. The van der Waals surface area contributed by atoms with Gasteiger partial charge in [0.05, 0.1) is 77.2 Å². The van der Waals surface area contributed by atoms with E-state index in [4.69, 9.17) is 0 Å².